The summed E-state index contributed by atoms with van der Waals surface area (Å²) in [5.74, 6) is -0.223. The van der Waals surface area contributed by atoms with Gasteiger partial charge in [-0.15, -0.1) is 0 Å². The molecule has 2 heterocycles. The van der Waals surface area contributed by atoms with Gasteiger partial charge in [0.2, 0.25) is 11.9 Å². The van der Waals surface area contributed by atoms with Crippen LogP contribution in [-0.4, -0.2) is 27.5 Å². The predicted molar refractivity (Wildman–Crippen MR) is 150 cm³/mol. The lowest BCUT2D eigenvalue weighted by molar-refractivity contribution is -0.120. The average molecular weight is 540 g/mol. The molecule has 8 nitrogen and oxygen atoms in total. The van der Waals surface area contributed by atoms with Crippen LogP contribution in [0, 0.1) is 17.1 Å². The van der Waals surface area contributed by atoms with Gasteiger partial charge in [-0.2, -0.15) is 0 Å². The number of fused-ring (bicyclic) bond motifs is 3. The second-order valence-electron chi connectivity index (χ2n) is 9.32. The Bertz CT molecular complexity index is 1630. The lowest BCUT2D eigenvalue weighted by Crippen LogP contribution is -2.35. The number of carbonyl (C=O) groups is 1. The van der Waals surface area contributed by atoms with Gasteiger partial charge in [0.05, 0.1) is 18.0 Å². The number of aliphatic imine (C=N–C) groups is 1. The third-order valence-electron chi connectivity index (χ3n) is 6.52. The number of nitrogens with zero attached hydrogens (tertiary/aromatic N) is 3. The molecule has 6 rings (SSSR count). The fourth-order valence-corrected chi connectivity index (χ4v) is 4.64. The minimum atomic E-state index is -0.352. The Morgan fingerprint density at radius 2 is 1.56 bits per heavy atom. The van der Waals surface area contributed by atoms with Crippen LogP contribution in [0.2, 0.25) is 5.15 Å². The lowest BCUT2D eigenvalue weighted by Gasteiger charge is -2.14. The predicted octanol–water partition coefficient (Wildman–Crippen LogP) is 5.90. The molecule has 1 aromatic heterocycles. The monoisotopic (exact) mass is 539 g/mol. The molecule has 0 spiro atoms. The van der Waals surface area contributed by atoms with Crippen LogP contribution < -0.4 is 16.0 Å². The van der Waals surface area contributed by atoms with Crippen LogP contribution in [0.1, 0.15) is 29.5 Å². The van der Waals surface area contributed by atoms with Crippen molar-refractivity contribution in [2.45, 2.75) is 19.4 Å². The summed E-state index contributed by atoms with van der Waals surface area (Å²) in [5.41, 5.74) is 5.13. The SMILES string of the molecule is N=C(NC(=O)C1CC1)Nc1ccc(Nc2nc(Cl)c3c(n2)-c2ccccc2C(c2ccccc2F)=NC3)cc1. The molecule has 4 N–H and O–H groups in total. The van der Waals surface area contributed by atoms with Crippen LogP contribution in [0.5, 0.6) is 0 Å². The zero-order valence-electron chi connectivity index (χ0n) is 20.6. The van der Waals surface area contributed by atoms with Gasteiger partial charge in [0.15, 0.2) is 5.96 Å². The molecule has 0 saturated heterocycles. The van der Waals surface area contributed by atoms with E-state index in [2.05, 4.69) is 20.9 Å². The molecule has 1 amide bonds. The molecule has 194 valence electrons. The van der Waals surface area contributed by atoms with Crippen molar-refractivity contribution >= 4 is 46.5 Å². The first kappa shape index (κ1) is 24.7. The first-order valence-corrected chi connectivity index (χ1v) is 12.8. The molecule has 0 atom stereocenters. The number of hydrogen-bond acceptors (Lipinski definition) is 6. The molecule has 3 aromatic carbocycles. The zero-order chi connectivity index (χ0) is 26.9. The third kappa shape index (κ3) is 5.21. The van der Waals surface area contributed by atoms with E-state index in [9.17, 15) is 9.18 Å². The molecule has 1 fully saturated rings. The number of anilines is 3. The van der Waals surface area contributed by atoms with E-state index in [4.69, 9.17) is 27.0 Å². The maximum Gasteiger partial charge on any atom is 0.229 e. The molecule has 0 unspecified atom stereocenters. The number of benzene rings is 3. The molecule has 1 saturated carbocycles. The fourth-order valence-electron chi connectivity index (χ4n) is 4.41. The zero-order valence-corrected chi connectivity index (χ0v) is 21.4. The largest absolute Gasteiger partial charge is 0.326 e. The molecule has 0 radical (unpaired) electrons. The van der Waals surface area contributed by atoms with Gasteiger partial charge in [-0.1, -0.05) is 48.0 Å². The standard InChI is InChI=1S/C29H23ClFN7O/c30-26-22-15-33-24(21-7-3-4-8-23(21)31)19-5-1-2-6-20(19)25(22)36-29(37-26)35-18-13-11-17(12-14-18)34-28(32)38-27(39)16-9-10-16/h1-8,11-14,16H,9-10,15H2,(H,35,36,37)(H3,32,34,38,39). The molecule has 1 aliphatic heterocycles. The van der Waals surface area contributed by atoms with Crippen molar-refractivity contribution in [3.8, 4) is 11.3 Å². The van der Waals surface area contributed by atoms with Gasteiger partial charge in [-0.3, -0.25) is 20.5 Å². The Morgan fingerprint density at radius 1 is 0.897 bits per heavy atom. The highest BCUT2D eigenvalue weighted by Crippen LogP contribution is 2.35. The van der Waals surface area contributed by atoms with Gasteiger partial charge in [-0.05, 0) is 49.2 Å². The number of nitrogens with one attached hydrogen (secondary N) is 4. The topological polar surface area (TPSA) is 115 Å². The quantitative estimate of drug-likeness (QED) is 0.143. The summed E-state index contributed by atoms with van der Waals surface area (Å²) in [5, 5.41) is 16.8. The third-order valence-corrected chi connectivity index (χ3v) is 6.84. The number of rotatable bonds is 5. The van der Waals surface area contributed by atoms with E-state index < -0.39 is 0 Å². The van der Waals surface area contributed by atoms with E-state index in [0.717, 1.165) is 24.0 Å². The number of guanidine groups is 1. The van der Waals surface area contributed by atoms with E-state index in [1.54, 1.807) is 42.5 Å². The van der Waals surface area contributed by atoms with Crippen LogP contribution in [-0.2, 0) is 11.3 Å². The molecule has 1 aliphatic carbocycles. The van der Waals surface area contributed by atoms with Crippen LogP contribution in [0.15, 0.2) is 77.8 Å². The summed E-state index contributed by atoms with van der Waals surface area (Å²) < 4.78 is 14.7. The van der Waals surface area contributed by atoms with Crippen molar-refractivity contribution in [3.63, 3.8) is 0 Å². The summed E-state index contributed by atoms with van der Waals surface area (Å²) in [6.07, 6.45) is 1.75. The van der Waals surface area contributed by atoms with E-state index in [1.165, 1.54) is 6.07 Å². The van der Waals surface area contributed by atoms with Crippen molar-refractivity contribution in [2.75, 3.05) is 10.6 Å². The Hall–Kier alpha value is -4.63. The second-order valence-corrected chi connectivity index (χ2v) is 9.68. The number of hydrogen-bond donors (Lipinski definition) is 4. The average Bonchev–Trinajstić information content (AvgIpc) is 3.78. The van der Waals surface area contributed by atoms with E-state index in [-0.39, 0.29) is 35.3 Å². The number of amides is 1. The Kier molecular flexibility index (Phi) is 6.50. The highest BCUT2D eigenvalue weighted by molar-refractivity contribution is 6.31. The summed E-state index contributed by atoms with van der Waals surface area (Å²) in [6.45, 7) is 0.205. The Morgan fingerprint density at radius 3 is 2.28 bits per heavy atom. The van der Waals surface area contributed by atoms with E-state index in [1.807, 2.05) is 24.3 Å². The smallest absolute Gasteiger partial charge is 0.229 e. The van der Waals surface area contributed by atoms with Crippen LogP contribution in [0.3, 0.4) is 0 Å². The first-order chi connectivity index (χ1) is 19.0. The molecular formula is C29H23ClFN7O. The van der Waals surface area contributed by atoms with Gasteiger partial charge in [-0.25, -0.2) is 14.4 Å². The van der Waals surface area contributed by atoms with Crippen molar-refractivity contribution in [2.24, 2.45) is 10.9 Å². The number of carbonyl (C=O) groups excluding carboxylic acids is 1. The summed E-state index contributed by atoms with van der Waals surface area (Å²) in [6, 6.07) is 21.3. The number of halogens is 2. The van der Waals surface area contributed by atoms with E-state index in [0.29, 0.717) is 39.9 Å². The lowest BCUT2D eigenvalue weighted by atomic mass is 9.95. The Balaban J connectivity index is 1.25. The normalized spacial score (nSPS) is 13.8. The van der Waals surface area contributed by atoms with Crippen molar-refractivity contribution < 1.29 is 9.18 Å². The summed E-state index contributed by atoms with van der Waals surface area (Å²) >= 11 is 6.63. The highest BCUT2D eigenvalue weighted by Gasteiger charge is 2.30. The van der Waals surface area contributed by atoms with E-state index >= 15 is 0 Å². The molecule has 0 bridgehead atoms. The van der Waals surface area contributed by atoms with Gasteiger partial charge >= 0.3 is 0 Å². The van der Waals surface area contributed by atoms with Crippen LogP contribution >= 0.6 is 11.6 Å². The van der Waals surface area contributed by atoms with Gasteiger partial charge in [0.25, 0.3) is 0 Å². The molecule has 2 aliphatic rings. The summed E-state index contributed by atoms with van der Waals surface area (Å²) in [4.78, 5) is 25.8. The highest BCUT2D eigenvalue weighted by atomic mass is 35.5. The molecule has 39 heavy (non-hydrogen) atoms. The summed E-state index contributed by atoms with van der Waals surface area (Å²) in [7, 11) is 0. The second kappa shape index (κ2) is 10.3. The Labute approximate surface area is 228 Å². The molecule has 4 aromatic rings. The fraction of sp³-hybridized carbons (Fsp3) is 0.138. The van der Waals surface area contributed by atoms with Crippen molar-refractivity contribution in [1.82, 2.24) is 15.3 Å². The molecule has 10 heteroatoms. The molecular weight excluding hydrogens is 517 g/mol. The van der Waals surface area contributed by atoms with Crippen LogP contribution in [0.25, 0.3) is 11.3 Å². The van der Waals surface area contributed by atoms with Gasteiger partial charge < -0.3 is 10.6 Å². The minimum Gasteiger partial charge on any atom is -0.326 e. The van der Waals surface area contributed by atoms with Gasteiger partial charge in [0.1, 0.15) is 11.0 Å². The maximum absolute atomic E-state index is 14.7. The first-order valence-electron chi connectivity index (χ1n) is 12.5. The van der Waals surface area contributed by atoms with Crippen molar-refractivity contribution in [3.05, 3.63) is 100 Å². The van der Waals surface area contributed by atoms with Crippen LogP contribution in [0.4, 0.5) is 21.7 Å². The maximum atomic E-state index is 14.7. The number of aromatic nitrogens is 2. The van der Waals surface area contributed by atoms with Crippen molar-refractivity contribution in [1.29, 1.82) is 5.41 Å². The van der Waals surface area contributed by atoms with Gasteiger partial charge in [0, 0.05) is 39.5 Å². The minimum absolute atomic E-state index is 0.0242.